The van der Waals surface area contributed by atoms with Crippen molar-refractivity contribution in [2.75, 3.05) is 37.7 Å². The first-order chi connectivity index (χ1) is 12.1. The summed E-state index contributed by atoms with van der Waals surface area (Å²) in [7, 11) is 1.96. The summed E-state index contributed by atoms with van der Waals surface area (Å²) >= 11 is 0. The second-order valence-electron chi connectivity index (χ2n) is 7.32. The average molecular weight is 342 g/mol. The zero-order valence-electron chi connectivity index (χ0n) is 15.1. The monoisotopic (exact) mass is 342 g/mol. The lowest BCUT2D eigenvalue weighted by Gasteiger charge is -2.48. The van der Waals surface area contributed by atoms with Gasteiger partial charge in [-0.3, -0.25) is 9.58 Å². The van der Waals surface area contributed by atoms with Gasteiger partial charge in [-0.25, -0.2) is 0 Å². The Balaban J connectivity index is 1.45. The van der Waals surface area contributed by atoms with Crippen LogP contribution in [-0.2, 0) is 18.3 Å². The van der Waals surface area contributed by atoms with Crippen molar-refractivity contribution in [1.82, 2.24) is 24.9 Å². The number of aromatic nitrogens is 4. The van der Waals surface area contributed by atoms with Crippen LogP contribution in [0.5, 0.6) is 0 Å². The summed E-state index contributed by atoms with van der Waals surface area (Å²) in [6, 6.07) is 4.09. The Morgan fingerprint density at radius 3 is 2.88 bits per heavy atom. The molecule has 0 radical (unpaired) electrons. The maximum atomic E-state index is 6.30. The average Bonchev–Trinajstić information content (AvgIpc) is 3.00. The summed E-state index contributed by atoms with van der Waals surface area (Å²) in [6.45, 7) is 7.52. The molecule has 2 aliphatic rings. The zero-order chi connectivity index (χ0) is 17.3. The summed E-state index contributed by atoms with van der Waals surface area (Å²) in [4.78, 5) is 4.81. The molecule has 2 aliphatic heterocycles. The largest absolute Gasteiger partial charge is 0.370 e. The molecule has 2 fully saturated rings. The lowest BCUT2D eigenvalue weighted by molar-refractivity contribution is -0.116. The Labute approximate surface area is 148 Å². The number of rotatable bonds is 3. The molecule has 0 aromatic carbocycles. The second-order valence-corrected chi connectivity index (χ2v) is 7.32. The first-order valence-electron chi connectivity index (χ1n) is 9.01. The first kappa shape index (κ1) is 16.5. The molecule has 2 saturated heterocycles. The number of morpholine rings is 1. The molecule has 0 N–H and O–H groups in total. The molecule has 0 saturated carbocycles. The van der Waals surface area contributed by atoms with E-state index < -0.39 is 0 Å². The highest BCUT2D eigenvalue weighted by atomic mass is 16.5. The molecular formula is C18H26N6O. The van der Waals surface area contributed by atoms with Gasteiger partial charge in [0.1, 0.15) is 0 Å². The number of ether oxygens (including phenoxy) is 1. The van der Waals surface area contributed by atoms with Crippen LogP contribution < -0.4 is 4.90 Å². The van der Waals surface area contributed by atoms with E-state index in [9.17, 15) is 0 Å². The van der Waals surface area contributed by atoms with Crippen LogP contribution in [0.25, 0.3) is 0 Å². The summed E-state index contributed by atoms with van der Waals surface area (Å²) in [5.74, 6) is 0.956. The van der Waals surface area contributed by atoms with Gasteiger partial charge >= 0.3 is 0 Å². The Morgan fingerprint density at radius 1 is 1.20 bits per heavy atom. The van der Waals surface area contributed by atoms with E-state index in [1.54, 1.807) is 0 Å². The van der Waals surface area contributed by atoms with Crippen molar-refractivity contribution in [3.8, 4) is 0 Å². The summed E-state index contributed by atoms with van der Waals surface area (Å²) in [6.07, 6.45) is 6.27. The molecule has 7 heteroatoms. The van der Waals surface area contributed by atoms with Gasteiger partial charge in [0.25, 0.3) is 0 Å². The summed E-state index contributed by atoms with van der Waals surface area (Å²) in [5.41, 5.74) is 2.11. The lowest BCUT2D eigenvalue weighted by Crippen LogP contribution is -2.59. The van der Waals surface area contributed by atoms with Crippen LogP contribution in [0.15, 0.2) is 24.5 Å². The molecule has 134 valence electrons. The number of anilines is 1. The van der Waals surface area contributed by atoms with Crippen LogP contribution in [0.4, 0.5) is 5.82 Å². The Bertz CT molecular complexity index is 711. The normalized spacial score (nSPS) is 24.8. The van der Waals surface area contributed by atoms with E-state index in [0.717, 1.165) is 63.7 Å². The molecule has 2 aromatic heterocycles. The fraction of sp³-hybridized carbons (Fsp3) is 0.611. The number of piperidine rings is 1. The van der Waals surface area contributed by atoms with Crippen molar-refractivity contribution in [3.05, 3.63) is 35.8 Å². The molecule has 25 heavy (non-hydrogen) atoms. The number of hydrogen-bond acceptors (Lipinski definition) is 6. The fourth-order valence-electron chi connectivity index (χ4n) is 3.97. The van der Waals surface area contributed by atoms with E-state index >= 15 is 0 Å². The minimum atomic E-state index is -0.106. The van der Waals surface area contributed by atoms with Gasteiger partial charge in [-0.05, 0) is 31.9 Å². The molecule has 4 rings (SSSR count). The quantitative estimate of drug-likeness (QED) is 0.840. The number of aryl methyl sites for hydroxylation is 2. The molecule has 0 bridgehead atoms. The maximum Gasteiger partial charge on any atom is 0.151 e. The van der Waals surface area contributed by atoms with Crippen molar-refractivity contribution in [2.24, 2.45) is 7.05 Å². The van der Waals surface area contributed by atoms with E-state index in [1.807, 2.05) is 30.9 Å². The predicted molar refractivity (Wildman–Crippen MR) is 95.4 cm³/mol. The van der Waals surface area contributed by atoms with Crippen LogP contribution >= 0.6 is 0 Å². The van der Waals surface area contributed by atoms with Crippen LogP contribution in [-0.4, -0.2) is 63.3 Å². The van der Waals surface area contributed by atoms with E-state index in [-0.39, 0.29) is 5.60 Å². The highest BCUT2D eigenvalue weighted by Gasteiger charge is 2.41. The van der Waals surface area contributed by atoms with Crippen molar-refractivity contribution >= 4 is 5.82 Å². The number of hydrogen-bond donors (Lipinski definition) is 0. The third-order valence-electron chi connectivity index (χ3n) is 5.14. The van der Waals surface area contributed by atoms with Crippen LogP contribution in [0, 0.1) is 6.92 Å². The van der Waals surface area contributed by atoms with Crippen molar-refractivity contribution in [1.29, 1.82) is 0 Å². The second kappa shape index (κ2) is 6.72. The van der Waals surface area contributed by atoms with Crippen molar-refractivity contribution in [2.45, 2.75) is 31.9 Å². The standard InChI is InChI=1S/C18H26N6O/c1-15-4-5-17(21-20-15)24-7-3-6-18(14-24)13-23(8-9-25-18)12-16-10-19-22(2)11-16/h4-5,10-11H,3,6-9,12-14H2,1-2H3. The minimum absolute atomic E-state index is 0.106. The van der Waals surface area contributed by atoms with Crippen LogP contribution in [0.3, 0.4) is 0 Å². The molecule has 1 unspecified atom stereocenters. The van der Waals surface area contributed by atoms with Gasteiger partial charge in [0.15, 0.2) is 5.82 Å². The van der Waals surface area contributed by atoms with Gasteiger partial charge in [-0.15, -0.1) is 5.10 Å². The Kier molecular flexibility index (Phi) is 4.43. The first-order valence-corrected chi connectivity index (χ1v) is 9.01. The highest BCUT2D eigenvalue weighted by molar-refractivity contribution is 5.38. The number of nitrogens with zero attached hydrogens (tertiary/aromatic N) is 6. The molecule has 2 aromatic rings. The SMILES string of the molecule is Cc1ccc(N2CCCC3(CN(Cc4cnn(C)c4)CCO3)C2)nn1. The van der Waals surface area contributed by atoms with Gasteiger partial charge in [0.05, 0.1) is 24.1 Å². The van der Waals surface area contributed by atoms with Crippen LogP contribution in [0.1, 0.15) is 24.1 Å². The van der Waals surface area contributed by atoms with Crippen molar-refractivity contribution in [3.63, 3.8) is 0 Å². The molecule has 4 heterocycles. The Morgan fingerprint density at radius 2 is 2.12 bits per heavy atom. The molecule has 1 atom stereocenters. The lowest BCUT2D eigenvalue weighted by atomic mass is 9.90. The third-order valence-corrected chi connectivity index (χ3v) is 5.14. The molecule has 0 aliphatic carbocycles. The van der Waals surface area contributed by atoms with Gasteiger partial charge in [0.2, 0.25) is 0 Å². The summed E-state index contributed by atoms with van der Waals surface area (Å²) < 4.78 is 8.17. The van der Waals surface area contributed by atoms with E-state index in [2.05, 4.69) is 37.4 Å². The third kappa shape index (κ3) is 3.67. The van der Waals surface area contributed by atoms with E-state index in [4.69, 9.17) is 4.74 Å². The maximum absolute atomic E-state index is 6.30. The van der Waals surface area contributed by atoms with E-state index in [0.29, 0.717) is 0 Å². The topological polar surface area (TPSA) is 59.3 Å². The zero-order valence-corrected chi connectivity index (χ0v) is 15.1. The summed E-state index contributed by atoms with van der Waals surface area (Å²) in [5, 5.41) is 12.9. The smallest absolute Gasteiger partial charge is 0.151 e. The van der Waals surface area contributed by atoms with Crippen LogP contribution in [0.2, 0.25) is 0 Å². The molecule has 7 nitrogen and oxygen atoms in total. The minimum Gasteiger partial charge on any atom is -0.370 e. The van der Waals surface area contributed by atoms with Gasteiger partial charge < -0.3 is 9.64 Å². The molecule has 0 amide bonds. The molecule has 1 spiro atoms. The van der Waals surface area contributed by atoms with Gasteiger partial charge in [-0.2, -0.15) is 10.2 Å². The van der Waals surface area contributed by atoms with E-state index in [1.165, 1.54) is 5.56 Å². The van der Waals surface area contributed by atoms with Gasteiger partial charge in [0, 0.05) is 51.5 Å². The Hall–Kier alpha value is -1.99. The highest BCUT2D eigenvalue weighted by Crippen LogP contribution is 2.31. The fourth-order valence-corrected chi connectivity index (χ4v) is 3.97. The van der Waals surface area contributed by atoms with Crippen molar-refractivity contribution < 1.29 is 4.74 Å². The van der Waals surface area contributed by atoms with Gasteiger partial charge in [-0.1, -0.05) is 0 Å². The molecular weight excluding hydrogens is 316 g/mol. The predicted octanol–water partition coefficient (Wildman–Crippen LogP) is 1.39.